The number of nitrogens with zero attached hydrogens (tertiary/aromatic N) is 3. The van der Waals surface area contributed by atoms with Crippen molar-refractivity contribution in [2.45, 2.75) is 32.9 Å². The summed E-state index contributed by atoms with van der Waals surface area (Å²) in [4.78, 5) is 12.0. The molecule has 112 valence electrons. The van der Waals surface area contributed by atoms with E-state index in [0.717, 1.165) is 5.69 Å². The van der Waals surface area contributed by atoms with Crippen LogP contribution in [-0.4, -0.2) is 26.9 Å². The standard InChI is InChI=1S/C15H21N5O/c1-10(2)14(16)15(21)17-11(3)13-9-20(19-18-13)12-7-5-4-6-8-12/h4-11,14H,16H2,1-3H3,(H,17,21)/t11?,14-/m0/s1. The predicted molar refractivity (Wildman–Crippen MR) is 80.7 cm³/mol. The van der Waals surface area contributed by atoms with Crippen molar-refractivity contribution in [3.05, 3.63) is 42.2 Å². The molecule has 0 fully saturated rings. The average molecular weight is 287 g/mol. The minimum atomic E-state index is -0.517. The van der Waals surface area contributed by atoms with Crippen molar-refractivity contribution in [3.63, 3.8) is 0 Å². The third kappa shape index (κ3) is 3.66. The van der Waals surface area contributed by atoms with E-state index in [1.807, 2.05) is 51.1 Å². The summed E-state index contributed by atoms with van der Waals surface area (Å²) in [6.07, 6.45) is 1.81. The van der Waals surface area contributed by atoms with Crippen molar-refractivity contribution < 1.29 is 4.79 Å². The third-order valence-corrected chi connectivity index (χ3v) is 3.36. The number of nitrogens with two attached hydrogens (primary N) is 1. The fraction of sp³-hybridized carbons (Fsp3) is 0.400. The van der Waals surface area contributed by atoms with Crippen LogP contribution in [-0.2, 0) is 4.79 Å². The maximum atomic E-state index is 12.0. The first-order valence-corrected chi connectivity index (χ1v) is 7.02. The molecular formula is C15H21N5O. The van der Waals surface area contributed by atoms with Crippen LogP contribution in [0.15, 0.2) is 36.5 Å². The van der Waals surface area contributed by atoms with Crippen LogP contribution in [0.3, 0.4) is 0 Å². The molecule has 2 aromatic rings. The fourth-order valence-corrected chi connectivity index (χ4v) is 1.87. The Labute approximate surface area is 124 Å². The second-order valence-corrected chi connectivity index (χ2v) is 5.42. The summed E-state index contributed by atoms with van der Waals surface area (Å²) < 4.78 is 1.68. The molecule has 1 heterocycles. The SMILES string of the molecule is CC(NC(=O)[C@@H](N)C(C)C)c1cn(-c2ccccc2)nn1. The molecule has 2 rings (SSSR count). The van der Waals surface area contributed by atoms with Gasteiger partial charge in [-0.2, -0.15) is 0 Å². The number of nitrogens with one attached hydrogen (secondary N) is 1. The van der Waals surface area contributed by atoms with Gasteiger partial charge < -0.3 is 11.1 Å². The van der Waals surface area contributed by atoms with Crippen molar-refractivity contribution >= 4 is 5.91 Å². The monoisotopic (exact) mass is 287 g/mol. The minimum Gasteiger partial charge on any atom is -0.347 e. The molecule has 0 spiro atoms. The third-order valence-electron chi connectivity index (χ3n) is 3.36. The number of carbonyl (C=O) groups excluding carboxylic acids is 1. The molecule has 6 heteroatoms. The number of aromatic nitrogens is 3. The lowest BCUT2D eigenvalue weighted by Gasteiger charge is -2.18. The first-order chi connectivity index (χ1) is 9.99. The summed E-state index contributed by atoms with van der Waals surface area (Å²) in [7, 11) is 0. The topological polar surface area (TPSA) is 85.8 Å². The number of hydrogen-bond acceptors (Lipinski definition) is 4. The van der Waals surface area contributed by atoms with Crippen LogP contribution >= 0.6 is 0 Å². The molecule has 1 amide bonds. The Kier molecular flexibility index (Phi) is 4.70. The van der Waals surface area contributed by atoms with Gasteiger partial charge in [0.2, 0.25) is 5.91 Å². The lowest BCUT2D eigenvalue weighted by atomic mass is 10.0. The van der Waals surface area contributed by atoms with Crippen LogP contribution in [0.25, 0.3) is 5.69 Å². The maximum absolute atomic E-state index is 12.0. The predicted octanol–water partition coefficient (Wildman–Crippen LogP) is 1.43. The first kappa shape index (κ1) is 15.2. The lowest BCUT2D eigenvalue weighted by molar-refractivity contribution is -0.123. The summed E-state index contributed by atoms with van der Waals surface area (Å²) in [6.45, 7) is 5.70. The van der Waals surface area contributed by atoms with Gasteiger partial charge in [-0.25, -0.2) is 4.68 Å². The van der Waals surface area contributed by atoms with Crippen LogP contribution in [0.2, 0.25) is 0 Å². The van der Waals surface area contributed by atoms with Crippen LogP contribution in [0, 0.1) is 5.92 Å². The maximum Gasteiger partial charge on any atom is 0.237 e. The largest absolute Gasteiger partial charge is 0.347 e. The van der Waals surface area contributed by atoms with Gasteiger partial charge in [0.15, 0.2) is 0 Å². The van der Waals surface area contributed by atoms with Gasteiger partial charge in [0.05, 0.1) is 24.0 Å². The highest BCUT2D eigenvalue weighted by molar-refractivity contribution is 5.82. The van der Waals surface area contributed by atoms with Crippen LogP contribution in [0.1, 0.15) is 32.5 Å². The van der Waals surface area contributed by atoms with Crippen molar-refractivity contribution in [1.82, 2.24) is 20.3 Å². The van der Waals surface area contributed by atoms with E-state index in [-0.39, 0.29) is 17.9 Å². The second-order valence-electron chi connectivity index (χ2n) is 5.42. The molecule has 0 aliphatic heterocycles. The summed E-state index contributed by atoms with van der Waals surface area (Å²) >= 11 is 0. The van der Waals surface area contributed by atoms with Gasteiger partial charge in [0.1, 0.15) is 5.69 Å². The number of benzene rings is 1. The number of amides is 1. The number of para-hydroxylation sites is 1. The van der Waals surface area contributed by atoms with Crippen LogP contribution in [0.5, 0.6) is 0 Å². The summed E-state index contributed by atoms with van der Waals surface area (Å²) in [6, 6.07) is 8.94. The van der Waals surface area contributed by atoms with Crippen LogP contribution < -0.4 is 11.1 Å². The first-order valence-electron chi connectivity index (χ1n) is 7.02. The van der Waals surface area contributed by atoms with Crippen molar-refractivity contribution in [3.8, 4) is 5.69 Å². The van der Waals surface area contributed by atoms with Gasteiger partial charge in [-0.15, -0.1) is 5.10 Å². The zero-order chi connectivity index (χ0) is 15.4. The second kappa shape index (κ2) is 6.49. The Morgan fingerprint density at radius 2 is 1.90 bits per heavy atom. The highest BCUT2D eigenvalue weighted by Crippen LogP contribution is 2.12. The molecule has 3 N–H and O–H groups in total. The van der Waals surface area contributed by atoms with E-state index in [9.17, 15) is 4.79 Å². The smallest absolute Gasteiger partial charge is 0.237 e. The molecule has 0 saturated heterocycles. The van der Waals surface area contributed by atoms with Crippen molar-refractivity contribution in [2.75, 3.05) is 0 Å². The molecule has 1 aromatic carbocycles. The van der Waals surface area contributed by atoms with Gasteiger partial charge >= 0.3 is 0 Å². The van der Waals surface area contributed by atoms with E-state index in [1.54, 1.807) is 10.9 Å². The van der Waals surface area contributed by atoms with E-state index < -0.39 is 6.04 Å². The Bertz CT molecular complexity index is 593. The number of hydrogen-bond donors (Lipinski definition) is 2. The molecule has 6 nitrogen and oxygen atoms in total. The van der Waals surface area contributed by atoms with Gasteiger partial charge in [0, 0.05) is 0 Å². The molecular weight excluding hydrogens is 266 g/mol. The summed E-state index contributed by atoms with van der Waals surface area (Å²) in [5, 5.41) is 11.0. The van der Waals surface area contributed by atoms with Crippen molar-refractivity contribution in [1.29, 1.82) is 0 Å². The molecule has 1 unspecified atom stereocenters. The van der Waals surface area contributed by atoms with Crippen LogP contribution in [0.4, 0.5) is 0 Å². The molecule has 1 aromatic heterocycles. The van der Waals surface area contributed by atoms with Gasteiger partial charge in [-0.3, -0.25) is 4.79 Å². The lowest BCUT2D eigenvalue weighted by Crippen LogP contribution is -2.44. The highest BCUT2D eigenvalue weighted by atomic mass is 16.2. The molecule has 0 aliphatic carbocycles. The molecule has 2 atom stereocenters. The number of rotatable bonds is 5. The van der Waals surface area contributed by atoms with Crippen molar-refractivity contribution in [2.24, 2.45) is 11.7 Å². The fourth-order valence-electron chi connectivity index (χ4n) is 1.87. The Morgan fingerprint density at radius 1 is 1.24 bits per heavy atom. The number of carbonyl (C=O) groups is 1. The zero-order valence-electron chi connectivity index (χ0n) is 12.5. The molecule has 21 heavy (non-hydrogen) atoms. The Hall–Kier alpha value is -2.21. The molecule has 0 saturated carbocycles. The van der Waals surface area contributed by atoms with E-state index >= 15 is 0 Å². The van der Waals surface area contributed by atoms with E-state index in [4.69, 9.17) is 5.73 Å². The normalized spacial score (nSPS) is 14.0. The van der Waals surface area contributed by atoms with Gasteiger partial charge in [-0.05, 0) is 25.0 Å². The quantitative estimate of drug-likeness (QED) is 0.871. The Balaban J connectivity index is 2.06. The van der Waals surface area contributed by atoms with Gasteiger partial charge in [0.25, 0.3) is 0 Å². The Morgan fingerprint density at radius 3 is 2.52 bits per heavy atom. The summed E-state index contributed by atoms with van der Waals surface area (Å²) in [5.74, 6) is -0.0797. The zero-order valence-corrected chi connectivity index (χ0v) is 12.5. The molecule has 0 aliphatic rings. The molecule has 0 radical (unpaired) electrons. The average Bonchev–Trinajstić information content (AvgIpc) is 2.97. The van der Waals surface area contributed by atoms with Gasteiger partial charge in [-0.1, -0.05) is 37.3 Å². The van der Waals surface area contributed by atoms with E-state index in [0.29, 0.717) is 5.69 Å². The minimum absolute atomic E-state index is 0.0946. The highest BCUT2D eigenvalue weighted by Gasteiger charge is 2.20. The van der Waals surface area contributed by atoms with E-state index in [2.05, 4.69) is 15.6 Å². The summed E-state index contributed by atoms with van der Waals surface area (Å²) in [5.41, 5.74) is 7.45. The molecule has 0 bridgehead atoms. The van der Waals surface area contributed by atoms with E-state index in [1.165, 1.54) is 0 Å².